The third kappa shape index (κ3) is 11.5. The molecule has 0 atom stereocenters. The Morgan fingerprint density at radius 2 is 0.545 bits per heavy atom. The van der Waals surface area contributed by atoms with Gasteiger partial charge < -0.3 is 42.6 Å². The van der Waals surface area contributed by atoms with Gasteiger partial charge in [-0.25, -0.2) is 0 Å². The summed E-state index contributed by atoms with van der Waals surface area (Å²) in [6.07, 6.45) is 0. The van der Waals surface area contributed by atoms with Crippen molar-refractivity contribution < 1.29 is 30.6 Å². The average Bonchev–Trinajstić information content (AvgIpc) is 1.25. The van der Waals surface area contributed by atoms with Crippen LogP contribution < -0.4 is 30.6 Å². The smallest absolute Gasteiger partial charge is 0.879 e. The number of hydrogen-bond acceptors (Lipinski definition) is 6. The second-order valence-electron chi connectivity index (χ2n) is 1.11. The Morgan fingerprint density at radius 3 is 0.545 bits per heavy atom. The van der Waals surface area contributed by atoms with E-state index < -0.39 is 11.9 Å². The van der Waals surface area contributed by atoms with Crippen molar-refractivity contribution in [3.8, 4) is 0 Å². The van der Waals surface area contributed by atoms with Crippen LogP contribution in [0.5, 0.6) is 0 Å². The minimum absolute atomic E-state index is 0. The molecule has 0 aliphatic heterocycles. The van der Waals surface area contributed by atoms with Crippen molar-refractivity contribution in [2.45, 2.75) is 11.9 Å². The van der Waals surface area contributed by atoms with E-state index in [1.165, 1.54) is 0 Å². The van der Waals surface area contributed by atoms with Gasteiger partial charge in [0.25, 0.3) is 0 Å². The van der Waals surface area contributed by atoms with Crippen LogP contribution in [0.1, 0.15) is 0 Å². The molecule has 0 aromatic heterocycles. The standard InChI is InChI=1S/C2O6.3Ca/c3-1(4,5)2(6,7)8;;;/q-6;3*+2. The minimum atomic E-state index is -4.98. The Kier molecular flexibility index (Phi) is 19.2. The van der Waals surface area contributed by atoms with E-state index in [9.17, 15) is 0 Å². The summed E-state index contributed by atoms with van der Waals surface area (Å²) in [7, 11) is 0. The fourth-order valence-electron chi connectivity index (χ4n) is 0. The molecule has 0 aliphatic carbocycles. The predicted octanol–water partition coefficient (Wildman–Crippen LogP) is -8.69. The summed E-state index contributed by atoms with van der Waals surface area (Å²) in [4.78, 5) is 0. The molecule has 0 aliphatic rings. The second kappa shape index (κ2) is 8.82. The zero-order valence-corrected chi connectivity index (χ0v) is 12.2. The minimum Gasteiger partial charge on any atom is -0.879 e. The summed E-state index contributed by atoms with van der Waals surface area (Å²) in [5.41, 5.74) is 0. The Hall–Kier alpha value is 3.54. The first-order valence-electron chi connectivity index (χ1n) is 1.47. The van der Waals surface area contributed by atoms with Crippen molar-refractivity contribution in [2.24, 2.45) is 0 Å². The van der Waals surface area contributed by atoms with E-state index in [1.54, 1.807) is 0 Å². The van der Waals surface area contributed by atoms with Crippen LogP contribution in [0.2, 0.25) is 0 Å². The third-order valence-electron chi connectivity index (χ3n) is 0.375. The van der Waals surface area contributed by atoms with Gasteiger partial charge in [-0.3, -0.25) is 0 Å². The van der Waals surface area contributed by atoms with Crippen LogP contribution in [-0.4, -0.2) is 125 Å². The molecule has 0 amide bonds. The molecule has 9 heteroatoms. The van der Waals surface area contributed by atoms with Crippen molar-refractivity contribution in [1.29, 1.82) is 0 Å². The summed E-state index contributed by atoms with van der Waals surface area (Å²) in [6.45, 7) is 0. The summed E-state index contributed by atoms with van der Waals surface area (Å²) in [5, 5.41) is 54.5. The molecule has 0 bridgehead atoms. The molecule has 11 heavy (non-hydrogen) atoms. The number of hydrogen-bond donors (Lipinski definition) is 0. The van der Waals surface area contributed by atoms with Gasteiger partial charge in [0.15, 0.2) is 0 Å². The molecule has 0 saturated carbocycles. The Labute approximate surface area is 152 Å². The van der Waals surface area contributed by atoms with Crippen LogP contribution in [0.25, 0.3) is 0 Å². The normalized spacial score (nSPS) is 10.4. The Balaban J connectivity index is -0.0000000817. The monoisotopic (exact) mass is 240 g/mol. The molecule has 0 rings (SSSR count). The molecule has 0 fully saturated rings. The summed E-state index contributed by atoms with van der Waals surface area (Å²) in [6, 6.07) is 0. The van der Waals surface area contributed by atoms with Crippen LogP contribution in [0.3, 0.4) is 0 Å². The maximum absolute atomic E-state index is 9.08. The summed E-state index contributed by atoms with van der Waals surface area (Å²) in [5.74, 6) is -9.96. The van der Waals surface area contributed by atoms with Crippen molar-refractivity contribution in [2.75, 3.05) is 0 Å². The van der Waals surface area contributed by atoms with E-state index in [4.69, 9.17) is 30.6 Å². The summed E-state index contributed by atoms with van der Waals surface area (Å²) >= 11 is 0. The van der Waals surface area contributed by atoms with E-state index in [0.717, 1.165) is 0 Å². The molecule has 0 aromatic rings. The van der Waals surface area contributed by atoms with Gasteiger partial charge in [0.05, 0.1) is 0 Å². The van der Waals surface area contributed by atoms with E-state index >= 15 is 0 Å². The van der Waals surface area contributed by atoms with Gasteiger partial charge in [0.2, 0.25) is 0 Å². The molecule has 0 N–H and O–H groups in total. The first kappa shape index (κ1) is 24.0. The van der Waals surface area contributed by atoms with E-state index in [0.29, 0.717) is 0 Å². The van der Waals surface area contributed by atoms with Gasteiger partial charge in [0, 0.05) is 0 Å². The van der Waals surface area contributed by atoms with E-state index in [-0.39, 0.29) is 113 Å². The van der Waals surface area contributed by atoms with Crippen LogP contribution in [0.15, 0.2) is 0 Å². The van der Waals surface area contributed by atoms with Gasteiger partial charge in [-0.05, 0) is 0 Å². The zero-order valence-electron chi connectivity index (χ0n) is 5.57. The molecule has 0 aromatic carbocycles. The molecule has 0 unspecified atom stereocenters. The van der Waals surface area contributed by atoms with Crippen molar-refractivity contribution in [1.82, 2.24) is 0 Å². The molecule has 6 nitrogen and oxygen atoms in total. The molecular weight excluding hydrogens is 240 g/mol. The van der Waals surface area contributed by atoms with Gasteiger partial charge >= 0.3 is 113 Å². The van der Waals surface area contributed by atoms with Gasteiger partial charge in [0.1, 0.15) is 0 Å². The van der Waals surface area contributed by atoms with Crippen molar-refractivity contribution in [3.05, 3.63) is 0 Å². The van der Waals surface area contributed by atoms with Gasteiger partial charge in [-0.2, -0.15) is 0 Å². The van der Waals surface area contributed by atoms with E-state index in [1.807, 2.05) is 0 Å². The Bertz CT molecular complexity index is 70.8. The summed E-state index contributed by atoms with van der Waals surface area (Å²) < 4.78 is 0. The SMILES string of the molecule is [Ca+2].[Ca+2].[Ca+2].[O-]C([O-])([O-])C([O-])([O-])[O-]. The second-order valence-corrected chi connectivity index (χ2v) is 1.11. The maximum Gasteiger partial charge on any atom is 2.00 e. The van der Waals surface area contributed by atoms with Crippen molar-refractivity contribution in [3.63, 3.8) is 0 Å². The fraction of sp³-hybridized carbons (Fsp3) is 1.00. The molecular formula is C2Ca3O6. The fourth-order valence-corrected chi connectivity index (χ4v) is 0. The van der Waals surface area contributed by atoms with Crippen LogP contribution in [0.4, 0.5) is 0 Å². The molecule has 0 saturated heterocycles. The first-order chi connectivity index (χ1) is 3.25. The van der Waals surface area contributed by atoms with Gasteiger partial charge in [-0.1, -0.05) is 0 Å². The molecule has 0 radical (unpaired) electrons. The van der Waals surface area contributed by atoms with Crippen LogP contribution in [0, 0.1) is 0 Å². The third-order valence-corrected chi connectivity index (χ3v) is 0.375. The zero-order chi connectivity index (χ0) is 7.00. The topological polar surface area (TPSA) is 138 Å². The Morgan fingerprint density at radius 1 is 0.455 bits per heavy atom. The van der Waals surface area contributed by atoms with Gasteiger partial charge in [-0.15, -0.1) is 0 Å². The number of rotatable bonds is 1. The maximum atomic E-state index is 9.08. The van der Waals surface area contributed by atoms with Crippen LogP contribution >= 0.6 is 0 Å². The largest absolute Gasteiger partial charge is 2.00 e. The average molecular weight is 240 g/mol. The molecule has 0 spiro atoms. The van der Waals surface area contributed by atoms with Crippen LogP contribution in [-0.2, 0) is 0 Å². The molecule has 0 heterocycles. The first-order valence-corrected chi connectivity index (χ1v) is 1.47. The predicted molar refractivity (Wildman–Crippen MR) is 22.7 cm³/mol. The van der Waals surface area contributed by atoms with E-state index in [2.05, 4.69) is 0 Å². The molecule has 50 valence electrons. The quantitative estimate of drug-likeness (QED) is 0.329. The van der Waals surface area contributed by atoms with Crippen molar-refractivity contribution >= 4 is 113 Å².